The Kier molecular flexibility index (Phi) is 3.26. The minimum absolute atomic E-state index is 0.300. The number of esters is 1. The van der Waals surface area contributed by atoms with Crippen LogP contribution in [0.25, 0.3) is 0 Å². The fourth-order valence-electron chi connectivity index (χ4n) is 2.69. The molecule has 0 radical (unpaired) electrons. The van der Waals surface area contributed by atoms with E-state index in [-0.39, 0.29) is 0 Å². The Morgan fingerprint density at radius 1 is 1.40 bits per heavy atom. The predicted molar refractivity (Wildman–Crippen MR) is 73.6 cm³/mol. The standard InChI is InChI=1S/C15H17N3O2/c1-3-20-15(19)14-17-16-10(2)18(14)9-12-8-11-6-4-5-7-13(11)12/h4-7,12H,3,8-9H2,1-2H3. The van der Waals surface area contributed by atoms with Gasteiger partial charge in [-0.05, 0) is 31.4 Å². The van der Waals surface area contributed by atoms with Crippen molar-refractivity contribution in [2.24, 2.45) is 0 Å². The number of aryl methyl sites for hydroxylation is 1. The van der Waals surface area contributed by atoms with Gasteiger partial charge in [0.2, 0.25) is 5.82 Å². The summed E-state index contributed by atoms with van der Waals surface area (Å²) < 4.78 is 6.88. The molecular formula is C15H17N3O2. The number of aromatic nitrogens is 3. The Labute approximate surface area is 117 Å². The van der Waals surface area contributed by atoms with Gasteiger partial charge in [0, 0.05) is 12.5 Å². The monoisotopic (exact) mass is 271 g/mol. The molecule has 1 aliphatic rings. The summed E-state index contributed by atoms with van der Waals surface area (Å²) >= 11 is 0. The Balaban J connectivity index is 1.82. The number of fused-ring (bicyclic) bond motifs is 1. The SMILES string of the molecule is CCOC(=O)c1nnc(C)n1CC1Cc2ccccc21. The quantitative estimate of drug-likeness (QED) is 0.799. The highest BCUT2D eigenvalue weighted by molar-refractivity contribution is 5.85. The Morgan fingerprint density at radius 3 is 2.95 bits per heavy atom. The van der Waals surface area contributed by atoms with Crippen LogP contribution >= 0.6 is 0 Å². The van der Waals surface area contributed by atoms with Crippen LogP contribution in [-0.2, 0) is 17.7 Å². The van der Waals surface area contributed by atoms with Gasteiger partial charge < -0.3 is 9.30 Å². The van der Waals surface area contributed by atoms with E-state index >= 15 is 0 Å². The van der Waals surface area contributed by atoms with Gasteiger partial charge in [-0.15, -0.1) is 10.2 Å². The van der Waals surface area contributed by atoms with Crippen LogP contribution in [0.3, 0.4) is 0 Å². The summed E-state index contributed by atoms with van der Waals surface area (Å²) in [6.45, 7) is 4.72. The lowest BCUT2D eigenvalue weighted by Crippen LogP contribution is -2.25. The lowest BCUT2D eigenvalue weighted by Gasteiger charge is -2.30. The first kappa shape index (κ1) is 12.8. The molecule has 1 unspecified atom stereocenters. The van der Waals surface area contributed by atoms with Gasteiger partial charge in [-0.2, -0.15) is 0 Å². The number of nitrogens with zero attached hydrogens (tertiary/aromatic N) is 3. The maximum atomic E-state index is 11.9. The first-order valence-corrected chi connectivity index (χ1v) is 6.85. The summed E-state index contributed by atoms with van der Waals surface area (Å²) in [6.07, 6.45) is 1.04. The van der Waals surface area contributed by atoms with E-state index in [0.717, 1.165) is 18.8 Å². The number of hydrogen-bond donors (Lipinski definition) is 0. The normalized spacial score (nSPS) is 16.4. The Bertz CT molecular complexity index is 648. The van der Waals surface area contributed by atoms with Crippen molar-refractivity contribution in [2.75, 3.05) is 6.61 Å². The lowest BCUT2D eigenvalue weighted by atomic mass is 9.77. The maximum Gasteiger partial charge on any atom is 0.376 e. The molecule has 20 heavy (non-hydrogen) atoms. The first-order valence-electron chi connectivity index (χ1n) is 6.85. The molecule has 104 valence electrons. The molecule has 0 N–H and O–H groups in total. The topological polar surface area (TPSA) is 57.0 Å². The van der Waals surface area contributed by atoms with Gasteiger partial charge >= 0.3 is 5.97 Å². The van der Waals surface area contributed by atoms with E-state index in [1.807, 2.05) is 11.5 Å². The summed E-state index contributed by atoms with van der Waals surface area (Å²) in [6, 6.07) is 8.41. The molecule has 1 aliphatic carbocycles. The van der Waals surface area contributed by atoms with Crippen LogP contribution in [0.15, 0.2) is 24.3 Å². The number of hydrogen-bond acceptors (Lipinski definition) is 4. The van der Waals surface area contributed by atoms with E-state index in [2.05, 4.69) is 34.5 Å². The van der Waals surface area contributed by atoms with Crippen molar-refractivity contribution in [3.63, 3.8) is 0 Å². The Hall–Kier alpha value is -2.17. The zero-order valence-electron chi connectivity index (χ0n) is 11.7. The highest BCUT2D eigenvalue weighted by atomic mass is 16.5. The van der Waals surface area contributed by atoms with Crippen LogP contribution < -0.4 is 0 Å². The molecule has 0 saturated carbocycles. The van der Waals surface area contributed by atoms with Gasteiger partial charge in [0.15, 0.2) is 0 Å². The van der Waals surface area contributed by atoms with Crippen LogP contribution in [0.1, 0.15) is 40.4 Å². The second-order valence-electron chi connectivity index (χ2n) is 5.00. The van der Waals surface area contributed by atoms with Crippen molar-refractivity contribution in [1.29, 1.82) is 0 Å². The number of benzene rings is 1. The molecule has 0 saturated heterocycles. The zero-order valence-corrected chi connectivity index (χ0v) is 11.7. The largest absolute Gasteiger partial charge is 0.460 e. The summed E-state index contributed by atoms with van der Waals surface area (Å²) in [5, 5.41) is 7.94. The molecule has 0 amide bonds. The summed E-state index contributed by atoms with van der Waals surface area (Å²) in [5.74, 6) is 1.07. The first-order chi connectivity index (χ1) is 9.70. The summed E-state index contributed by atoms with van der Waals surface area (Å²) in [4.78, 5) is 11.9. The summed E-state index contributed by atoms with van der Waals surface area (Å²) in [5.41, 5.74) is 2.75. The smallest absolute Gasteiger partial charge is 0.376 e. The van der Waals surface area contributed by atoms with Gasteiger partial charge in [0.05, 0.1) is 6.61 Å². The van der Waals surface area contributed by atoms with Gasteiger partial charge in [-0.25, -0.2) is 4.79 Å². The van der Waals surface area contributed by atoms with Crippen molar-refractivity contribution in [3.8, 4) is 0 Å². The molecule has 0 bridgehead atoms. The molecule has 1 aromatic heterocycles. The predicted octanol–water partition coefficient (Wildman–Crippen LogP) is 2.10. The second-order valence-corrected chi connectivity index (χ2v) is 5.00. The molecule has 5 heteroatoms. The maximum absolute atomic E-state index is 11.9. The van der Waals surface area contributed by atoms with Crippen LogP contribution in [-0.4, -0.2) is 27.3 Å². The molecule has 1 heterocycles. The van der Waals surface area contributed by atoms with Crippen molar-refractivity contribution < 1.29 is 9.53 Å². The highest BCUT2D eigenvalue weighted by Crippen LogP contribution is 2.36. The molecule has 3 rings (SSSR count). The van der Waals surface area contributed by atoms with Crippen molar-refractivity contribution in [3.05, 3.63) is 47.0 Å². The molecule has 0 spiro atoms. The molecule has 1 atom stereocenters. The zero-order chi connectivity index (χ0) is 14.1. The van der Waals surface area contributed by atoms with E-state index in [0.29, 0.717) is 18.3 Å². The number of rotatable bonds is 4. The summed E-state index contributed by atoms with van der Waals surface area (Å²) in [7, 11) is 0. The molecular weight excluding hydrogens is 254 g/mol. The van der Waals surface area contributed by atoms with Crippen LogP contribution in [0.5, 0.6) is 0 Å². The van der Waals surface area contributed by atoms with E-state index in [9.17, 15) is 4.79 Å². The van der Waals surface area contributed by atoms with Crippen LogP contribution in [0.2, 0.25) is 0 Å². The third-order valence-electron chi connectivity index (χ3n) is 3.76. The third-order valence-corrected chi connectivity index (χ3v) is 3.76. The van der Waals surface area contributed by atoms with Crippen LogP contribution in [0, 0.1) is 6.92 Å². The van der Waals surface area contributed by atoms with Crippen molar-refractivity contribution >= 4 is 5.97 Å². The van der Waals surface area contributed by atoms with Crippen LogP contribution in [0.4, 0.5) is 0 Å². The second kappa shape index (κ2) is 5.07. The fraction of sp³-hybridized carbons (Fsp3) is 0.400. The van der Waals surface area contributed by atoms with Gasteiger partial charge in [0.25, 0.3) is 0 Å². The van der Waals surface area contributed by atoms with Crippen molar-refractivity contribution in [1.82, 2.24) is 14.8 Å². The number of ether oxygens (including phenoxy) is 1. The van der Waals surface area contributed by atoms with E-state index in [1.54, 1.807) is 6.92 Å². The molecule has 5 nitrogen and oxygen atoms in total. The van der Waals surface area contributed by atoms with Gasteiger partial charge in [-0.3, -0.25) is 0 Å². The average Bonchev–Trinajstić information content (AvgIpc) is 2.78. The molecule has 0 aliphatic heterocycles. The highest BCUT2D eigenvalue weighted by Gasteiger charge is 2.28. The van der Waals surface area contributed by atoms with Crippen molar-refractivity contribution in [2.45, 2.75) is 32.7 Å². The minimum Gasteiger partial charge on any atom is -0.460 e. The molecule has 0 fully saturated rings. The number of carbonyl (C=O) groups is 1. The van der Waals surface area contributed by atoms with Gasteiger partial charge in [-0.1, -0.05) is 24.3 Å². The van der Waals surface area contributed by atoms with E-state index in [4.69, 9.17) is 4.74 Å². The van der Waals surface area contributed by atoms with E-state index < -0.39 is 5.97 Å². The lowest BCUT2D eigenvalue weighted by molar-refractivity contribution is 0.0504. The number of carbonyl (C=O) groups excluding carboxylic acids is 1. The Morgan fingerprint density at radius 2 is 2.20 bits per heavy atom. The third kappa shape index (κ3) is 2.09. The van der Waals surface area contributed by atoms with Gasteiger partial charge in [0.1, 0.15) is 5.82 Å². The molecule has 2 aromatic rings. The molecule has 1 aromatic carbocycles. The fourth-order valence-corrected chi connectivity index (χ4v) is 2.69. The van der Waals surface area contributed by atoms with E-state index in [1.165, 1.54) is 11.1 Å². The average molecular weight is 271 g/mol. The minimum atomic E-state index is -0.402.